The molecule has 0 atom stereocenters. The fourth-order valence-electron chi connectivity index (χ4n) is 2.30. The molecule has 3 heterocycles. The van der Waals surface area contributed by atoms with Gasteiger partial charge in [-0.15, -0.1) is 11.3 Å². The second-order valence-corrected chi connectivity index (χ2v) is 6.66. The minimum Gasteiger partial charge on any atom is -0.397 e. The first-order valence-corrected chi connectivity index (χ1v) is 8.97. The Bertz CT molecular complexity index is 906. The van der Waals surface area contributed by atoms with Crippen molar-refractivity contribution < 1.29 is 4.79 Å². The molecule has 4 N–H and O–H groups in total. The van der Waals surface area contributed by atoms with Crippen molar-refractivity contribution in [2.75, 3.05) is 12.0 Å². The number of thiophene rings is 1. The van der Waals surface area contributed by atoms with Crippen LogP contribution in [-0.2, 0) is 6.42 Å². The van der Waals surface area contributed by atoms with Crippen LogP contribution in [0.2, 0.25) is 0 Å². The lowest BCUT2D eigenvalue weighted by Crippen LogP contribution is -2.10. The molecule has 0 aliphatic heterocycles. The Balaban J connectivity index is 2.35. The van der Waals surface area contributed by atoms with E-state index >= 15 is 0 Å². The van der Waals surface area contributed by atoms with Crippen molar-refractivity contribution in [1.29, 1.82) is 0 Å². The van der Waals surface area contributed by atoms with E-state index in [1.165, 1.54) is 23.1 Å². The molecule has 3 aromatic rings. The monoisotopic (exact) mass is 345 g/mol. The van der Waals surface area contributed by atoms with Crippen LogP contribution in [0.15, 0.2) is 23.6 Å². The van der Waals surface area contributed by atoms with Gasteiger partial charge in [-0.25, -0.2) is 9.97 Å². The number of aromatic nitrogens is 3. The molecule has 0 bridgehead atoms. The molecule has 0 aliphatic rings. The number of anilines is 1. The summed E-state index contributed by atoms with van der Waals surface area (Å²) in [7, 11) is 0. The average Bonchev–Trinajstić information content (AvgIpc) is 2.91. The Morgan fingerprint density at radius 1 is 1.35 bits per heavy atom. The van der Waals surface area contributed by atoms with Gasteiger partial charge in [0.15, 0.2) is 5.16 Å². The van der Waals surface area contributed by atoms with Crippen LogP contribution in [0.4, 0.5) is 5.69 Å². The topological polar surface area (TPSA) is 108 Å². The zero-order chi connectivity index (χ0) is 16.6. The normalized spacial score (nSPS) is 11.0. The molecule has 0 aromatic carbocycles. The van der Waals surface area contributed by atoms with Gasteiger partial charge in [0, 0.05) is 18.0 Å². The number of carbonyl (C=O) groups excluding carboxylic acids is 1. The minimum absolute atomic E-state index is 0.313. The van der Waals surface area contributed by atoms with Crippen LogP contribution in [0.25, 0.3) is 21.5 Å². The van der Waals surface area contributed by atoms with E-state index in [0.717, 1.165) is 17.5 Å². The van der Waals surface area contributed by atoms with Crippen molar-refractivity contribution in [3.8, 4) is 11.3 Å². The highest BCUT2D eigenvalue weighted by Crippen LogP contribution is 2.39. The zero-order valence-electron chi connectivity index (χ0n) is 12.7. The maximum absolute atomic E-state index is 11.6. The molecule has 118 valence electrons. The van der Waals surface area contributed by atoms with E-state index in [1.807, 2.05) is 18.5 Å². The zero-order valence-corrected chi connectivity index (χ0v) is 14.3. The SMILES string of the molecule is CCc1cncc(-c2nc(SC)nc3sc(C(N)=O)c(N)c23)c1. The summed E-state index contributed by atoms with van der Waals surface area (Å²) in [5, 5.41) is 1.28. The summed E-state index contributed by atoms with van der Waals surface area (Å²) < 4.78 is 0. The number of amides is 1. The number of nitrogens with zero attached hydrogens (tertiary/aromatic N) is 3. The van der Waals surface area contributed by atoms with E-state index in [4.69, 9.17) is 11.5 Å². The number of thioether (sulfide) groups is 1. The Morgan fingerprint density at radius 3 is 2.78 bits per heavy atom. The maximum atomic E-state index is 11.6. The first-order chi connectivity index (χ1) is 11.0. The smallest absolute Gasteiger partial charge is 0.260 e. The molecule has 3 aromatic heterocycles. The summed E-state index contributed by atoms with van der Waals surface area (Å²) in [5.74, 6) is -0.553. The number of hydrogen-bond acceptors (Lipinski definition) is 7. The van der Waals surface area contributed by atoms with Crippen molar-refractivity contribution in [1.82, 2.24) is 15.0 Å². The molecule has 0 saturated carbocycles. The summed E-state index contributed by atoms with van der Waals surface area (Å²) in [6, 6.07) is 2.03. The van der Waals surface area contributed by atoms with Crippen molar-refractivity contribution in [3.05, 3.63) is 28.9 Å². The number of carbonyl (C=O) groups is 1. The largest absolute Gasteiger partial charge is 0.397 e. The summed E-state index contributed by atoms with van der Waals surface area (Å²) in [6.45, 7) is 2.06. The highest BCUT2D eigenvalue weighted by Gasteiger charge is 2.21. The predicted molar refractivity (Wildman–Crippen MR) is 94.7 cm³/mol. The Morgan fingerprint density at radius 2 is 2.13 bits per heavy atom. The molecule has 1 amide bonds. The van der Waals surface area contributed by atoms with E-state index in [0.29, 0.717) is 31.6 Å². The molecule has 8 heteroatoms. The first-order valence-electron chi connectivity index (χ1n) is 6.93. The number of aryl methyl sites for hydroxylation is 1. The van der Waals surface area contributed by atoms with Crippen LogP contribution in [0, 0.1) is 0 Å². The van der Waals surface area contributed by atoms with Gasteiger partial charge >= 0.3 is 0 Å². The second kappa shape index (κ2) is 6.13. The molecule has 0 saturated heterocycles. The maximum Gasteiger partial charge on any atom is 0.260 e. The lowest BCUT2D eigenvalue weighted by atomic mass is 10.1. The van der Waals surface area contributed by atoms with E-state index < -0.39 is 5.91 Å². The second-order valence-electron chi connectivity index (χ2n) is 4.88. The molecule has 0 unspecified atom stereocenters. The van der Waals surface area contributed by atoms with Crippen molar-refractivity contribution in [3.63, 3.8) is 0 Å². The number of nitrogens with two attached hydrogens (primary N) is 2. The Labute approximate surface area is 141 Å². The molecule has 6 nitrogen and oxygen atoms in total. The number of hydrogen-bond donors (Lipinski definition) is 2. The fourth-order valence-corrected chi connectivity index (χ4v) is 3.67. The number of nitrogen functional groups attached to an aromatic ring is 1. The number of primary amides is 1. The van der Waals surface area contributed by atoms with Gasteiger partial charge in [-0.05, 0) is 24.3 Å². The van der Waals surface area contributed by atoms with Gasteiger partial charge in [0.2, 0.25) is 0 Å². The third kappa shape index (κ3) is 2.75. The molecule has 0 spiro atoms. The Kier molecular flexibility index (Phi) is 4.18. The number of fused-ring (bicyclic) bond motifs is 1. The fraction of sp³-hybridized carbons (Fsp3) is 0.200. The summed E-state index contributed by atoms with van der Waals surface area (Å²) in [6.07, 6.45) is 6.34. The lowest BCUT2D eigenvalue weighted by Gasteiger charge is -2.07. The van der Waals surface area contributed by atoms with Crippen LogP contribution in [0.3, 0.4) is 0 Å². The third-order valence-electron chi connectivity index (χ3n) is 3.45. The molecular formula is C15H15N5OS2. The molecule has 0 fully saturated rings. The van der Waals surface area contributed by atoms with Crippen molar-refractivity contribution in [2.24, 2.45) is 5.73 Å². The van der Waals surface area contributed by atoms with Crippen LogP contribution in [0.5, 0.6) is 0 Å². The van der Waals surface area contributed by atoms with E-state index in [2.05, 4.69) is 21.9 Å². The minimum atomic E-state index is -0.553. The van der Waals surface area contributed by atoms with Crippen LogP contribution >= 0.6 is 23.1 Å². The lowest BCUT2D eigenvalue weighted by molar-refractivity contribution is 0.100. The highest BCUT2D eigenvalue weighted by atomic mass is 32.2. The van der Waals surface area contributed by atoms with Gasteiger partial charge in [0.25, 0.3) is 5.91 Å². The molecule has 3 rings (SSSR count). The van der Waals surface area contributed by atoms with Gasteiger partial charge in [-0.2, -0.15) is 0 Å². The third-order valence-corrected chi connectivity index (χ3v) is 5.11. The van der Waals surface area contributed by atoms with Crippen LogP contribution in [-0.4, -0.2) is 27.1 Å². The van der Waals surface area contributed by atoms with Crippen LogP contribution in [0.1, 0.15) is 22.2 Å². The van der Waals surface area contributed by atoms with Gasteiger partial charge in [0.05, 0.1) is 16.8 Å². The van der Waals surface area contributed by atoms with Gasteiger partial charge in [-0.1, -0.05) is 18.7 Å². The number of rotatable bonds is 4. The van der Waals surface area contributed by atoms with E-state index in [9.17, 15) is 4.79 Å². The first kappa shape index (κ1) is 15.7. The van der Waals surface area contributed by atoms with Gasteiger partial charge < -0.3 is 11.5 Å². The molecule has 0 radical (unpaired) electrons. The summed E-state index contributed by atoms with van der Waals surface area (Å²) in [5.41, 5.74) is 14.5. The van der Waals surface area contributed by atoms with Gasteiger partial charge in [-0.3, -0.25) is 9.78 Å². The summed E-state index contributed by atoms with van der Waals surface area (Å²) in [4.78, 5) is 25.9. The highest BCUT2D eigenvalue weighted by molar-refractivity contribution is 7.98. The van der Waals surface area contributed by atoms with E-state index in [-0.39, 0.29) is 0 Å². The average molecular weight is 345 g/mol. The molecular weight excluding hydrogens is 330 g/mol. The number of pyridine rings is 1. The van der Waals surface area contributed by atoms with Gasteiger partial charge in [0.1, 0.15) is 9.71 Å². The van der Waals surface area contributed by atoms with Crippen molar-refractivity contribution >= 4 is 44.9 Å². The Hall–Kier alpha value is -2.19. The quantitative estimate of drug-likeness (QED) is 0.556. The van der Waals surface area contributed by atoms with E-state index in [1.54, 1.807) is 6.20 Å². The molecule has 23 heavy (non-hydrogen) atoms. The molecule has 0 aliphatic carbocycles. The summed E-state index contributed by atoms with van der Waals surface area (Å²) >= 11 is 2.63. The predicted octanol–water partition coefficient (Wildman–Crippen LogP) is 2.72. The standard InChI is InChI=1S/C15H15N5OS2/c1-3-7-4-8(6-18-5-7)11-9-10(16)12(13(17)21)23-14(9)20-15(19-11)22-2/h4-6H,3,16H2,1-2H3,(H2,17,21). The van der Waals surface area contributed by atoms with Crippen LogP contribution < -0.4 is 11.5 Å². The van der Waals surface area contributed by atoms with Crippen molar-refractivity contribution in [2.45, 2.75) is 18.5 Å².